The SMILES string of the molecule is O.O.O.O.O.O.O.O.O.O.O=[N+]([O-])O.O=[N+]([O-])O.O=[N+]([O-])O.[Fe].[Ti]. The molecule has 0 aromatic carbocycles. The standard InChI is InChI=1S/Fe.3HNO3.10H2O.Ti/c;3*2-1(3)4;;;;;;;;;;;/h;3*(H,2,3,4);10*1H2;. The Morgan fingerprint density at radius 2 is 0.458 bits per heavy atom. The van der Waals surface area contributed by atoms with Gasteiger partial charge in [-0.15, -0.1) is 30.3 Å². The van der Waals surface area contributed by atoms with Crippen molar-refractivity contribution in [1.29, 1.82) is 0 Å². The average Bonchev–Trinajstić information content (AvgIpc) is 1.54. The molecular formula is H23FeN3O19Ti. The van der Waals surface area contributed by atoms with Crippen molar-refractivity contribution in [1.82, 2.24) is 0 Å². The summed E-state index contributed by atoms with van der Waals surface area (Å²) >= 11 is 0. The van der Waals surface area contributed by atoms with Crippen LogP contribution in [0, 0.1) is 30.3 Å². The van der Waals surface area contributed by atoms with Crippen molar-refractivity contribution in [3.05, 3.63) is 30.3 Å². The maximum atomic E-state index is 8.36. The minimum atomic E-state index is -1.50. The van der Waals surface area contributed by atoms with Gasteiger partial charge in [-0.25, -0.2) is 0 Å². The summed E-state index contributed by atoms with van der Waals surface area (Å²) in [6, 6.07) is 0. The Labute approximate surface area is 155 Å². The van der Waals surface area contributed by atoms with Gasteiger partial charge in [-0.2, -0.15) is 0 Å². The molecule has 0 unspecified atom stereocenters. The molecule has 0 aliphatic heterocycles. The largest absolute Gasteiger partial charge is 0.412 e. The van der Waals surface area contributed by atoms with Crippen LogP contribution in [0.25, 0.3) is 0 Å². The zero-order valence-electron chi connectivity index (χ0n) is 11.0. The van der Waals surface area contributed by atoms with Crippen LogP contribution < -0.4 is 0 Å². The summed E-state index contributed by atoms with van der Waals surface area (Å²) in [5.41, 5.74) is 0. The fourth-order valence-corrected chi connectivity index (χ4v) is 0. The molecule has 0 spiro atoms. The summed E-state index contributed by atoms with van der Waals surface area (Å²) < 4.78 is 0. The van der Waals surface area contributed by atoms with E-state index in [0.29, 0.717) is 0 Å². The van der Waals surface area contributed by atoms with Gasteiger partial charge in [0.15, 0.2) is 0 Å². The number of hydrogen-bond donors (Lipinski definition) is 3. The van der Waals surface area contributed by atoms with E-state index < -0.39 is 15.3 Å². The van der Waals surface area contributed by atoms with E-state index >= 15 is 0 Å². The topological polar surface area (TPSA) is 505 Å². The molecule has 0 rings (SSSR count). The Hall–Kier alpha value is -1.57. The Morgan fingerprint density at radius 1 is 0.458 bits per heavy atom. The van der Waals surface area contributed by atoms with Crippen molar-refractivity contribution in [2.45, 2.75) is 0 Å². The summed E-state index contributed by atoms with van der Waals surface area (Å²) in [6.45, 7) is 0. The zero-order valence-corrected chi connectivity index (χ0v) is 13.7. The van der Waals surface area contributed by atoms with E-state index in [-0.39, 0.29) is 93.5 Å². The second-order valence-electron chi connectivity index (χ2n) is 0.714. The van der Waals surface area contributed by atoms with Crippen LogP contribution in [0.3, 0.4) is 0 Å². The van der Waals surface area contributed by atoms with Crippen LogP contribution in [-0.2, 0) is 38.8 Å². The predicted molar refractivity (Wildman–Crippen MR) is 62.5 cm³/mol. The van der Waals surface area contributed by atoms with E-state index in [9.17, 15) is 0 Å². The van der Waals surface area contributed by atoms with E-state index in [1.165, 1.54) is 0 Å². The van der Waals surface area contributed by atoms with Crippen molar-refractivity contribution in [2.75, 3.05) is 0 Å². The van der Waals surface area contributed by atoms with Crippen molar-refractivity contribution < 1.29 is 124 Å². The third-order valence-corrected chi connectivity index (χ3v) is 0. The molecule has 23 N–H and O–H groups in total. The van der Waals surface area contributed by atoms with Crippen molar-refractivity contribution in [2.24, 2.45) is 0 Å². The molecule has 0 bridgehead atoms. The first-order chi connectivity index (χ1) is 5.20. The molecule has 22 nitrogen and oxygen atoms in total. The van der Waals surface area contributed by atoms with Crippen molar-refractivity contribution in [3.8, 4) is 0 Å². The average molecular weight is 473 g/mol. The fourth-order valence-electron chi connectivity index (χ4n) is 0. The second-order valence-corrected chi connectivity index (χ2v) is 0.714. The Kier molecular flexibility index (Phi) is 1260. The second kappa shape index (κ2) is 162. The Bertz CT molecular complexity index is 122. The van der Waals surface area contributed by atoms with Gasteiger partial charge in [-0.3, -0.25) is 0 Å². The third kappa shape index (κ3) is 3150. The molecule has 0 aromatic rings. The van der Waals surface area contributed by atoms with Crippen LogP contribution in [0.4, 0.5) is 0 Å². The monoisotopic (exact) mass is 473 g/mol. The molecule has 0 heterocycles. The molecular weight excluding hydrogens is 450 g/mol. The first-order valence-corrected chi connectivity index (χ1v) is 1.70. The molecule has 164 valence electrons. The van der Waals surface area contributed by atoms with Gasteiger partial charge in [0.25, 0.3) is 15.3 Å². The van der Waals surface area contributed by atoms with Gasteiger partial charge in [-0.05, 0) is 0 Å². The molecule has 0 radical (unpaired) electrons. The normalized spacial score (nSPS) is 3.00. The van der Waals surface area contributed by atoms with Gasteiger partial charge in [0, 0.05) is 38.8 Å². The zero-order chi connectivity index (χ0) is 10.7. The smallest absolute Gasteiger partial charge is 0.291 e. The summed E-state index contributed by atoms with van der Waals surface area (Å²) in [6.07, 6.45) is 0. The third-order valence-electron chi connectivity index (χ3n) is 0. The molecule has 0 fully saturated rings. The van der Waals surface area contributed by atoms with Gasteiger partial charge in [0.05, 0.1) is 0 Å². The van der Waals surface area contributed by atoms with Gasteiger partial charge >= 0.3 is 0 Å². The molecule has 0 atom stereocenters. The van der Waals surface area contributed by atoms with E-state index in [1.54, 1.807) is 0 Å². The number of rotatable bonds is 0. The maximum absolute atomic E-state index is 8.36. The van der Waals surface area contributed by atoms with Crippen LogP contribution >= 0.6 is 0 Å². The summed E-state index contributed by atoms with van der Waals surface area (Å²) in [5, 5.41) is 40.9. The molecule has 24 heteroatoms. The van der Waals surface area contributed by atoms with Gasteiger partial charge < -0.3 is 70.4 Å². The minimum Gasteiger partial charge on any atom is -0.412 e. The summed E-state index contributed by atoms with van der Waals surface area (Å²) in [5.74, 6) is 0. The quantitative estimate of drug-likeness (QED) is 0.170. The van der Waals surface area contributed by atoms with E-state index in [0.717, 1.165) is 0 Å². The van der Waals surface area contributed by atoms with E-state index in [1.807, 2.05) is 0 Å². The minimum absolute atomic E-state index is 0. The molecule has 0 aliphatic carbocycles. The van der Waals surface area contributed by atoms with Crippen molar-refractivity contribution in [3.63, 3.8) is 0 Å². The number of nitrogens with zero attached hydrogens (tertiary/aromatic N) is 3. The van der Waals surface area contributed by atoms with Crippen LogP contribution in [0.5, 0.6) is 0 Å². The maximum Gasteiger partial charge on any atom is 0.291 e. The molecule has 0 saturated carbocycles. The summed E-state index contributed by atoms with van der Waals surface area (Å²) in [4.78, 5) is 25.1. The first-order valence-electron chi connectivity index (χ1n) is 1.70. The molecule has 0 saturated heterocycles. The van der Waals surface area contributed by atoms with Gasteiger partial charge in [0.1, 0.15) is 0 Å². The molecule has 0 aliphatic rings. The molecule has 0 aromatic heterocycles. The van der Waals surface area contributed by atoms with E-state index in [2.05, 4.69) is 0 Å². The Balaban J connectivity index is -0.00000000312. The van der Waals surface area contributed by atoms with Crippen molar-refractivity contribution >= 4 is 0 Å². The Morgan fingerprint density at radius 3 is 0.458 bits per heavy atom. The van der Waals surface area contributed by atoms with Gasteiger partial charge in [0.2, 0.25) is 0 Å². The summed E-state index contributed by atoms with van der Waals surface area (Å²) in [7, 11) is 0. The van der Waals surface area contributed by atoms with Crippen LogP contribution in [0.1, 0.15) is 0 Å². The molecule has 24 heavy (non-hydrogen) atoms. The molecule has 0 amide bonds. The van der Waals surface area contributed by atoms with Crippen LogP contribution in [0.15, 0.2) is 0 Å². The van der Waals surface area contributed by atoms with Crippen LogP contribution in [-0.4, -0.2) is 85.6 Å². The number of hydrogen-bond acceptors (Lipinski definition) is 6. The van der Waals surface area contributed by atoms with E-state index in [4.69, 9.17) is 46.0 Å². The fraction of sp³-hybridized carbons (Fsp3) is 0. The van der Waals surface area contributed by atoms with Crippen LogP contribution in [0.2, 0.25) is 0 Å². The predicted octanol–water partition coefficient (Wildman–Crippen LogP) is -9.30. The van der Waals surface area contributed by atoms with Gasteiger partial charge in [-0.1, -0.05) is 0 Å². The first kappa shape index (κ1) is 187.